The van der Waals surface area contributed by atoms with Gasteiger partial charge in [0.05, 0.1) is 13.1 Å². The number of likely N-dealkylation sites (tertiary alicyclic amines) is 1. The number of amides is 2. The number of rotatable bonds is 8. The Balaban J connectivity index is 1.40. The van der Waals surface area contributed by atoms with E-state index in [0.29, 0.717) is 18.9 Å². The highest BCUT2D eigenvalue weighted by atomic mass is 16.4. The Hall–Kier alpha value is -1.63. The van der Waals surface area contributed by atoms with Crippen LogP contribution in [0.1, 0.15) is 51.4 Å². The summed E-state index contributed by atoms with van der Waals surface area (Å²) in [4.78, 5) is 38.9. The third-order valence-corrected chi connectivity index (χ3v) is 5.53. The molecule has 0 unspecified atom stereocenters. The first-order valence-electron chi connectivity index (χ1n) is 9.54. The highest BCUT2D eigenvalue weighted by Crippen LogP contribution is 2.33. The van der Waals surface area contributed by atoms with Gasteiger partial charge in [0.1, 0.15) is 0 Å². The molecule has 7 nitrogen and oxygen atoms in total. The van der Waals surface area contributed by atoms with Crippen LogP contribution in [0.2, 0.25) is 0 Å². The van der Waals surface area contributed by atoms with Gasteiger partial charge in [-0.25, -0.2) is 0 Å². The predicted molar refractivity (Wildman–Crippen MR) is 91.9 cm³/mol. The monoisotopic (exact) mass is 351 g/mol. The van der Waals surface area contributed by atoms with Crippen LogP contribution in [0.15, 0.2) is 0 Å². The van der Waals surface area contributed by atoms with E-state index in [9.17, 15) is 14.4 Å². The SMILES string of the molecule is O=C(O)CN(CC1CC1)C1CC(NC(=O)CN2CCCCCC2=O)C1. The van der Waals surface area contributed by atoms with E-state index in [1.807, 2.05) is 0 Å². The second-order valence-electron chi connectivity index (χ2n) is 7.78. The Morgan fingerprint density at radius 3 is 2.64 bits per heavy atom. The summed E-state index contributed by atoms with van der Waals surface area (Å²) in [6, 6.07) is 0.358. The Bertz CT molecular complexity index is 514. The minimum Gasteiger partial charge on any atom is -0.480 e. The van der Waals surface area contributed by atoms with Gasteiger partial charge in [-0.2, -0.15) is 0 Å². The molecule has 0 aromatic rings. The van der Waals surface area contributed by atoms with Gasteiger partial charge in [0.25, 0.3) is 0 Å². The summed E-state index contributed by atoms with van der Waals surface area (Å²) >= 11 is 0. The lowest BCUT2D eigenvalue weighted by Gasteiger charge is -2.43. The number of carbonyl (C=O) groups is 3. The maximum atomic E-state index is 12.2. The van der Waals surface area contributed by atoms with E-state index in [-0.39, 0.29) is 37.0 Å². The molecular formula is C18H29N3O4. The van der Waals surface area contributed by atoms with Gasteiger partial charge in [0, 0.05) is 31.6 Å². The Labute approximate surface area is 148 Å². The molecular weight excluding hydrogens is 322 g/mol. The van der Waals surface area contributed by atoms with E-state index in [1.165, 1.54) is 12.8 Å². The lowest BCUT2D eigenvalue weighted by atomic mass is 9.85. The number of carbonyl (C=O) groups excluding carboxylic acids is 2. The molecule has 0 spiro atoms. The molecule has 3 rings (SSSR count). The van der Waals surface area contributed by atoms with Crippen LogP contribution in [0.5, 0.6) is 0 Å². The van der Waals surface area contributed by atoms with Crippen LogP contribution in [0.3, 0.4) is 0 Å². The number of carboxylic acid groups (broad SMARTS) is 1. The van der Waals surface area contributed by atoms with Gasteiger partial charge < -0.3 is 15.3 Å². The van der Waals surface area contributed by atoms with Gasteiger partial charge in [0.15, 0.2) is 0 Å². The van der Waals surface area contributed by atoms with Crippen LogP contribution in [0.4, 0.5) is 0 Å². The molecule has 1 heterocycles. The van der Waals surface area contributed by atoms with Gasteiger partial charge in [-0.1, -0.05) is 6.42 Å². The number of aliphatic carboxylic acids is 1. The van der Waals surface area contributed by atoms with Crippen molar-refractivity contribution in [2.24, 2.45) is 5.92 Å². The summed E-state index contributed by atoms with van der Waals surface area (Å²) < 4.78 is 0. The van der Waals surface area contributed by atoms with E-state index in [1.54, 1.807) is 4.90 Å². The maximum Gasteiger partial charge on any atom is 0.317 e. The van der Waals surface area contributed by atoms with Crippen LogP contribution in [-0.2, 0) is 14.4 Å². The van der Waals surface area contributed by atoms with Gasteiger partial charge in [0.2, 0.25) is 11.8 Å². The van der Waals surface area contributed by atoms with Crippen molar-refractivity contribution in [2.75, 3.05) is 26.2 Å². The molecule has 0 atom stereocenters. The van der Waals surface area contributed by atoms with Crippen molar-refractivity contribution in [3.8, 4) is 0 Å². The molecule has 0 bridgehead atoms. The van der Waals surface area contributed by atoms with Crippen molar-refractivity contribution in [2.45, 2.75) is 63.5 Å². The summed E-state index contributed by atoms with van der Waals surface area (Å²) in [5.41, 5.74) is 0. The summed E-state index contributed by atoms with van der Waals surface area (Å²) in [6.07, 6.45) is 7.50. The molecule has 1 saturated heterocycles. The van der Waals surface area contributed by atoms with Crippen molar-refractivity contribution in [3.05, 3.63) is 0 Å². The zero-order chi connectivity index (χ0) is 17.8. The summed E-state index contributed by atoms with van der Waals surface area (Å²) in [6.45, 7) is 1.78. The first-order chi connectivity index (χ1) is 12.0. The zero-order valence-corrected chi connectivity index (χ0v) is 14.8. The number of hydrogen-bond acceptors (Lipinski definition) is 4. The van der Waals surface area contributed by atoms with E-state index in [2.05, 4.69) is 10.2 Å². The number of nitrogens with zero attached hydrogens (tertiary/aromatic N) is 2. The second-order valence-corrected chi connectivity index (χ2v) is 7.78. The lowest BCUT2D eigenvalue weighted by Crippen LogP contribution is -2.56. The van der Waals surface area contributed by atoms with Crippen molar-refractivity contribution >= 4 is 17.8 Å². The van der Waals surface area contributed by atoms with Crippen molar-refractivity contribution in [1.82, 2.24) is 15.1 Å². The Kier molecular flexibility index (Phi) is 5.93. The van der Waals surface area contributed by atoms with Crippen molar-refractivity contribution in [1.29, 1.82) is 0 Å². The highest BCUT2D eigenvalue weighted by Gasteiger charge is 2.37. The fourth-order valence-corrected chi connectivity index (χ4v) is 3.80. The van der Waals surface area contributed by atoms with E-state index < -0.39 is 5.97 Å². The number of hydrogen-bond donors (Lipinski definition) is 2. The highest BCUT2D eigenvalue weighted by molar-refractivity contribution is 5.85. The molecule has 25 heavy (non-hydrogen) atoms. The largest absolute Gasteiger partial charge is 0.480 e. The summed E-state index contributed by atoms with van der Waals surface area (Å²) in [5.74, 6) is -0.142. The van der Waals surface area contributed by atoms with Crippen LogP contribution >= 0.6 is 0 Å². The van der Waals surface area contributed by atoms with Gasteiger partial charge in [-0.3, -0.25) is 19.3 Å². The minimum atomic E-state index is -0.784. The molecule has 1 aliphatic heterocycles. The zero-order valence-electron chi connectivity index (χ0n) is 14.8. The quantitative estimate of drug-likeness (QED) is 0.676. The standard InChI is InChI=1S/C18H29N3O4/c22-16(11-20-7-3-1-2-4-17(20)23)19-14-8-15(9-14)21(12-18(24)25)10-13-5-6-13/h13-15H,1-12H2,(H,19,22)(H,24,25). The molecule has 2 amide bonds. The summed E-state index contributed by atoms with van der Waals surface area (Å²) in [5, 5.41) is 12.1. The lowest BCUT2D eigenvalue weighted by molar-refractivity contribution is -0.140. The number of carboxylic acids is 1. The third-order valence-electron chi connectivity index (χ3n) is 5.53. The average molecular weight is 351 g/mol. The Morgan fingerprint density at radius 2 is 1.96 bits per heavy atom. The van der Waals surface area contributed by atoms with Crippen molar-refractivity contribution < 1.29 is 19.5 Å². The first-order valence-corrected chi connectivity index (χ1v) is 9.54. The fourth-order valence-electron chi connectivity index (χ4n) is 3.80. The topological polar surface area (TPSA) is 89.9 Å². The van der Waals surface area contributed by atoms with Gasteiger partial charge in [-0.05, 0) is 44.4 Å². The minimum absolute atomic E-state index is 0.0798. The molecule has 7 heteroatoms. The molecule has 0 aromatic carbocycles. The smallest absolute Gasteiger partial charge is 0.317 e. The molecule has 0 aromatic heterocycles. The molecule has 2 aliphatic carbocycles. The maximum absolute atomic E-state index is 12.2. The first kappa shape index (κ1) is 18.2. The number of nitrogens with one attached hydrogen (secondary N) is 1. The predicted octanol–water partition coefficient (Wildman–Crippen LogP) is 0.833. The summed E-state index contributed by atoms with van der Waals surface area (Å²) in [7, 11) is 0. The second kappa shape index (κ2) is 8.17. The molecule has 140 valence electrons. The van der Waals surface area contributed by atoms with Crippen molar-refractivity contribution in [3.63, 3.8) is 0 Å². The third kappa shape index (κ3) is 5.42. The molecule has 2 saturated carbocycles. The molecule has 3 fully saturated rings. The van der Waals surface area contributed by atoms with E-state index >= 15 is 0 Å². The average Bonchev–Trinajstić information content (AvgIpc) is 3.32. The van der Waals surface area contributed by atoms with E-state index in [4.69, 9.17) is 5.11 Å². The molecule has 3 aliphatic rings. The Morgan fingerprint density at radius 1 is 1.20 bits per heavy atom. The van der Waals surface area contributed by atoms with E-state index in [0.717, 1.165) is 38.6 Å². The normalized spacial score (nSPS) is 26.9. The van der Waals surface area contributed by atoms with Crippen LogP contribution in [0.25, 0.3) is 0 Å². The molecule has 2 N–H and O–H groups in total. The van der Waals surface area contributed by atoms with Gasteiger partial charge in [-0.15, -0.1) is 0 Å². The van der Waals surface area contributed by atoms with Crippen LogP contribution in [0, 0.1) is 5.92 Å². The van der Waals surface area contributed by atoms with Gasteiger partial charge >= 0.3 is 5.97 Å². The fraction of sp³-hybridized carbons (Fsp3) is 0.833. The van der Waals surface area contributed by atoms with Crippen LogP contribution in [-0.4, -0.2) is 71.0 Å². The molecule has 0 radical (unpaired) electrons. The van der Waals surface area contributed by atoms with Crippen LogP contribution < -0.4 is 5.32 Å².